The van der Waals surface area contributed by atoms with Crippen molar-refractivity contribution >= 4 is 0 Å². The summed E-state index contributed by atoms with van der Waals surface area (Å²) in [6, 6.07) is 6.81. The van der Waals surface area contributed by atoms with Gasteiger partial charge in [-0.3, -0.25) is 0 Å². The van der Waals surface area contributed by atoms with Gasteiger partial charge in [-0.1, -0.05) is 18.2 Å². The summed E-state index contributed by atoms with van der Waals surface area (Å²) in [5.74, 6) is 0.881. The van der Waals surface area contributed by atoms with E-state index < -0.39 is 0 Å². The second-order valence-corrected chi connectivity index (χ2v) is 5.57. The Bertz CT molecular complexity index is 367. The first-order chi connectivity index (χ1) is 8.75. The third-order valence-corrected chi connectivity index (χ3v) is 4.05. The highest BCUT2D eigenvalue weighted by atomic mass is 14.9. The van der Waals surface area contributed by atoms with Crippen molar-refractivity contribution in [1.29, 1.82) is 0 Å². The van der Waals surface area contributed by atoms with Crippen molar-refractivity contribution in [2.24, 2.45) is 5.92 Å². The van der Waals surface area contributed by atoms with E-state index in [2.05, 4.69) is 42.7 Å². The van der Waals surface area contributed by atoms with E-state index in [4.69, 9.17) is 0 Å². The Morgan fingerprint density at radius 3 is 2.67 bits per heavy atom. The maximum Gasteiger partial charge on any atom is -0.000823 e. The Kier molecular flexibility index (Phi) is 5.21. The van der Waals surface area contributed by atoms with E-state index in [9.17, 15) is 0 Å². The van der Waals surface area contributed by atoms with Crippen LogP contribution in [0.3, 0.4) is 0 Å². The molecule has 1 saturated heterocycles. The standard InChI is InChI=1S/C16H26N2/c1-13-3-4-15(11-14(13)2)5-10-18-12-16-6-8-17-9-7-16/h3-4,11,16-18H,5-10,12H2,1-2H3. The fourth-order valence-corrected chi connectivity index (χ4v) is 2.58. The molecule has 2 N–H and O–H groups in total. The highest BCUT2D eigenvalue weighted by Crippen LogP contribution is 2.11. The van der Waals surface area contributed by atoms with Crippen LogP contribution >= 0.6 is 0 Å². The molecule has 100 valence electrons. The van der Waals surface area contributed by atoms with E-state index in [1.54, 1.807) is 0 Å². The molecule has 0 bridgehead atoms. The molecule has 1 heterocycles. The zero-order valence-corrected chi connectivity index (χ0v) is 11.8. The van der Waals surface area contributed by atoms with Gasteiger partial charge in [0.2, 0.25) is 0 Å². The zero-order chi connectivity index (χ0) is 12.8. The van der Waals surface area contributed by atoms with Crippen LogP contribution in [0.1, 0.15) is 29.5 Å². The highest BCUT2D eigenvalue weighted by molar-refractivity contribution is 5.29. The lowest BCUT2D eigenvalue weighted by atomic mass is 9.98. The van der Waals surface area contributed by atoms with Crippen LogP contribution in [-0.2, 0) is 6.42 Å². The van der Waals surface area contributed by atoms with Crippen molar-refractivity contribution in [2.45, 2.75) is 33.1 Å². The van der Waals surface area contributed by atoms with E-state index in [0.717, 1.165) is 18.9 Å². The molecule has 2 rings (SSSR count). The van der Waals surface area contributed by atoms with Gasteiger partial charge >= 0.3 is 0 Å². The van der Waals surface area contributed by atoms with E-state index in [-0.39, 0.29) is 0 Å². The van der Waals surface area contributed by atoms with Crippen LogP contribution in [0.5, 0.6) is 0 Å². The van der Waals surface area contributed by atoms with E-state index in [1.165, 1.54) is 49.2 Å². The van der Waals surface area contributed by atoms with Crippen molar-refractivity contribution in [2.75, 3.05) is 26.2 Å². The first-order valence-electron chi connectivity index (χ1n) is 7.23. The van der Waals surface area contributed by atoms with Gasteiger partial charge in [0.25, 0.3) is 0 Å². The Morgan fingerprint density at radius 2 is 1.94 bits per heavy atom. The summed E-state index contributed by atoms with van der Waals surface area (Å²) in [5, 5.41) is 7.02. The molecule has 0 amide bonds. The van der Waals surface area contributed by atoms with Gasteiger partial charge in [-0.25, -0.2) is 0 Å². The minimum absolute atomic E-state index is 0.881. The molecule has 0 spiro atoms. The van der Waals surface area contributed by atoms with Crippen LogP contribution in [-0.4, -0.2) is 26.2 Å². The van der Waals surface area contributed by atoms with Gasteiger partial charge in [0.1, 0.15) is 0 Å². The lowest BCUT2D eigenvalue weighted by Crippen LogP contribution is -2.34. The smallest absolute Gasteiger partial charge is 0.000823 e. The molecule has 0 unspecified atom stereocenters. The van der Waals surface area contributed by atoms with Gasteiger partial charge < -0.3 is 10.6 Å². The van der Waals surface area contributed by atoms with Crippen molar-refractivity contribution in [3.05, 3.63) is 34.9 Å². The van der Waals surface area contributed by atoms with Gasteiger partial charge in [0.15, 0.2) is 0 Å². The van der Waals surface area contributed by atoms with Gasteiger partial charge in [0, 0.05) is 0 Å². The highest BCUT2D eigenvalue weighted by Gasteiger charge is 2.11. The minimum atomic E-state index is 0.881. The molecule has 2 heteroatoms. The number of nitrogens with one attached hydrogen (secondary N) is 2. The summed E-state index contributed by atoms with van der Waals surface area (Å²) in [6.45, 7) is 9.06. The first kappa shape index (κ1) is 13.6. The molecule has 2 nitrogen and oxygen atoms in total. The van der Waals surface area contributed by atoms with Crippen molar-refractivity contribution in [1.82, 2.24) is 10.6 Å². The maximum atomic E-state index is 3.61. The lowest BCUT2D eigenvalue weighted by molar-refractivity contribution is 0.358. The zero-order valence-electron chi connectivity index (χ0n) is 11.8. The van der Waals surface area contributed by atoms with Crippen LogP contribution < -0.4 is 10.6 Å². The summed E-state index contributed by atoms with van der Waals surface area (Å²) in [6.07, 6.45) is 3.80. The van der Waals surface area contributed by atoms with Crippen molar-refractivity contribution in [3.8, 4) is 0 Å². The van der Waals surface area contributed by atoms with E-state index >= 15 is 0 Å². The van der Waals surface area contributed by atoms with Crippen LogP contribution in [0.25, 0.3) is 0 Å². The Morgan fingerprint density at radius 1 is 1.17 bits per heavy atom. The van der Waals surface area contributed by atoms with Crippen LogP contribution in [0, 0.1) is 19.8 Å². The summed E-state index contributed by atoms with van der Waals surface area (Å²) >= 11 is 0. The molecular formula is C16H26N2. The average Bonchev–Trinajstić information content (AvgIpc) is 2.40. The molecule has 0 atom stereocenters. The summed E-state index contributed by atoms with van der Waals surface area (Å²) in [5.41, 5.74) is 4.25. The second kappa shape index (κ2) is 6.91. The van der Waals surface area contributed by atoms with Crippen molar-refractivity contribution in [3.63, 3.8) is 0 Å². The minimum Gasteiger partial charge on any atom is -0.317 e. The van der Waals surface area contributed by atoms with Crippen LogP contribution in [0.4, 0.5) is 0 Å². The van der Waals surface area contributed by atoms with Crippen molar-refractivity contribution < 1.29 is 0 Å². The molecule has 0 aliphatic carbocycles. The molecule has 1 fully saturated rings. The third-order valence-electron chi connectivity index (χ3n) is 4.05. The molecule has 1 aliphatic heterocycles. The van der Waals surface area contributed by atoms with E-state index in [0.29, 0.717) is 0 Å². The number of aryl methyl sites for hydroxylation is 2. The predicted molar refractivity (Wildman–Crippen MR) is 78.1 cm³/mol. The molecule has 1 aromatic rings. The number of piperidine rings is 1. The van der Waals surface area contributed by atoms with Gasteiger partial charge in [-0.15, -0.1) is 0 Å². The molecule has 0 saturated carbocycles. The molecule has 1 aliphatic rings. The molecular weight excluding hydrogens is 220 g/mol. The summed E-state index contributed by atoms with van der Waals surface area (Å²) in [7, 11) is 0. The number of rotatable bonds is 5. The Balaban J connectivity index is 1.66. The van der Waals surface area contributed by atoms with Crippen LogP contribution in [0.15, 0.2) is 18.2 Å². The van der Waals surface area contributed by atoms with E-state index in [1.807, 2.05) is 0 Å². The quantitative estimate of drug-likeness (QED) is 0.780. The normalized spacial score (nSPS) is 17.0. The predicted octanol–water partition coefficient (Wildman–Crippen LogP) is 2.44. The monoisotopic (exact) mass is 246 g/mol. The van der Waals surface area contributed by atoms with Gasteiger partial charge in [0.05, 0.1) is 0 Å². The molecule has 1 aromatic carbocycles. The van der Waals surface area contributed by atoms with Gasteiger partial charge in [-0.05, 0) is 81.9 Å². The topological polar surface area (TPSA) is 24.1 Å². The van der Waals surface area contributed by atoms with Crippen LogP contribution in [0.2, 0.25) is 0 Å². The number of benzene rings is 1. The Hall–Kier alpha value is -0.860. The fourth-order valence-electron chi connectivity index (χ4n) is 2.58. The average molecular weight is 246 g/mol. The molecule has 18 heavy (non-hydrogen) atoms. The summed E-state index contributed by atoms with van der Waals surface area (Å²) in [4.78, 5) is 0. The third kappa shape index (κ3) is 4.11. The second-order valence-electron chi connectivity index (χ2n) is 5.57. The number of hydrogen-bond donors (Lipinski definition) is 2. The SMILES string of the molecule is Cc1ccc(CCNCC2CCNCC2)cc1C. The lowest BCUT2D eigenvalue weighted by Gasteiger charge is -2.22. The van der Waals surface area contributed by atoms with Gasteiger partial charge in [-0.2, -0.15) is 0 Å². The largest absolute Gasteiger partial charge is 0.317 e. The Labute approximate surface area is 111 Å². The molecule has 0 aromatic heterocycles. The fraction of sp³-hybridized carbons (Fsp3) is 0.625. The molecule has 0 radical (unpaired) electrons. The summed E-state index contributed by atoms with van der Waals surface area (Å²) < 4.78 is 0. The number of hydrogen-bond acceptors (Lipinski definition) is 2. The first-order valence-corrected chi connectivity index (χ1v) is 7.23. The maximum absolute atomic E-state index is 3.61.